The van der Waals surface area contributed by atoms with Crippen LogP contribution in [0, 0.1) is 18.3 Å². The molecular formula is C9H16N2O. The molecule has 0 rings (SSSR count). The van der Waals surface area contributed by atoms with Gasteiger partial charge < -0.3 is 11.1 Å². The molecule has 0 heterocycles. The van der Waals surface area contributed by atoms with E-state index in [2.05, 4.69) is 11.2 Å². The van der Waals surface area contributed by atoms with Crippen LogP contribution >= 0.6 is 0 Å². The Morgan fingerprint density at radius 3 is 2.33 bits per heavy atom. The number of hydrogen-bond acceptors (Lipinski definition) is 2. The van der Waals surface area contributed by atoms with Gasteiger partial charge in [-0.2, -0.15) is 0 Å². The van der Waals surface area contributed by atoms with Crippen LogP contribution in [0.2, 0.25) is 0 Å². The van der Waals surface area contributed by atoms with Gasteiger partial charge >= 0.3 is 0 Å². The summed E-state index contributed by atoms with van der Waals surface area (Å²) in [6.07, 6.45) is 5.09. The Bertz CT molecular complexity index is 193. The highest BCUT2D eigenvalue weighted by Gasteiger charge is 2.17. The molecule has 3 nitrogen and oxygen atoms in total. The summed E-state index contributed by atoms with van der Waals surface area (Å²) in [5.74, 6) is 2.35. The summed E-state index contributed by atoms with van der Waals surface area (Å²) in [7, 11) is 0. The fraction of sp³-hybridized carbons (Fsp3) is 0.667. The van der Waals surface area contributed by atoms with Gasteiger partial charge in [-0.1, -0.05) is 19.8 Å². The van der Waals surface area contributed by atoms with Crippen LogP contribution in [0.5, 0.6) is 0 Å². The van der Waals surface area contributed by atoms with Crippen LogP contribution in [0.4, 0.5) is 0 Å². The highest BCUT2D eigenvalue weighted by atomic mass is 16.2. The van der Waals surface area contributed by atoms with Crippen molar-refractivity contribution in [3.63, 3.8) is 0 Å². The van der Waals surface area contributed by atoms with Gasteiger partial charge in [-0.15, -0.1) is 6.42 Å². The van der Waals surface area contributed by atoms with Crippen molar-refractivity contribution in [2.75, 3.05) is 0 Å². The van der Waals surface area contributed by atoms with E-state index in [9.17, 15) is 4.79 Å². The fourth-order valence-electron chi connectivity index (χ4n) is 0.654. The molecule has 0 aromatic carbocycles. The minimum absolute atomic E-state index is 0.134. The Hall–Kier alpha value is -1.01. The maximum Gasteiger partial charge on any atom is 0.238 e. The third kappa shape index (κ3) is 3.40. The molecule has 0 saturated carbocycles. The molecule has 3 N–H and O–H groups in total. The monoisotopic (exact) mass is 168 g/mol. The Kier molecular flexibility index (Phi) is 4.38. The van der Waals surface area contributed by atoms with Crippen molar-refractivity contribution in [2.24, 2.45) is 11.7 Å². The van der Waals surface area contributed by atoms with Crippen LogP contribution in [0.15, 0.2) is 0 Å². The number of nitrogens with two attached hydrogens (primary N) is 1. The van der Waals surface area contributed by atoms with Gasteiger partial charge in [0, 0.05) is 0 Å². The van der Waals surface area contributed by atoms with E-state index < -0.39 is 6.04 Å². The molecule has 0 fully saturated rings. The first-order chi connectivity index (χ1) is 5.49. The minimum atomic E-state index is -0.471. The summed E-state index contributed by atoms with van der Waals surface area (Å²) in [4.78, 5) is 11.2. The highest BCUT2D eigenvalue weighted by molar-refractivity contribution is 5.82. The highest BCUT2D eigenvalue weighted by Crippen LogP contribution is 1.97. The van der Waals surface area contributed by atoms with E-state index in [4.69, 9.17) is 12.2 Å². The van der Waals surface area contributed by atoms with E-state index in [1.165, 1.54) is 0 Å². The van der Waals surface area contributed by atoms with E-state index >= 15 is 0 Å². The Labute approximate surface area is 73.7 Å². The number of hydrogen-bond donors (Lipinski definition) is 2. The van der Waals surface area contributed by atoms with Gasteiger partial charge in [0.05, 0.1) is 12.1 Å². The van der Waals surface area contributed by atoms with Gasteiger partial charge in [0.15, 0.2) is 0 Å². The fourth-order valence-corrected chi connectivity index (χ4v) is 0.654. The lowest BCUT2D eigenvalue weighted by Gasteiger charge is -2.16. The van der Waals surface area contributed by atoms with Crippen molar-refractivity contribution < 1.29 is 4.79 Å². The van der Waals surface area contributed by atoms with Crippen molar-refractivity contribution >= 4 is 5.91 Å². The number of nitrogens with one attached hydrogen (secondary N) is 1. The molecule has 68 valence electrons. The SMILES string of the molecule is C#CC(C)NC(=O)[C@@H](N)C(C)C. The largest absolute Gasteiger partial charge is 0.341 e. The normalized spacial score (nSPS) is 15.0. The zero-order chi connectivity index (χ0) is 9.72. The molecule has 0 aromatic heterocycles. The summed E-state index contributed by atoms with van der Waals surface area (Å²) < 4.78 is 0. The Morgan fingerprint density at radius 2 is 2.00 bits per heavy atom. The molecule has 1 unspecified atom stereocenters. The standard InChI is InChI=1S/C9H16N2O/c1-5-7(4)11-9(12)8(10)6(2)3/h1,6-8H,10H2,2-4H3,(H,11,12)/t7?,8-/m0/s1. The molecule has 1 amide bonds. The number of rotatable bonds is 3. The molecule has 0 aliphatic rings. The minimum Gasteiger partial charge on any atom is -0.341 e. The Balaban J connectivity index is 3.98. The zero-order valence-corrected chi connectivity index (χ0v) is 7.79. The molecule has 3 heteroatoms. The number of carbonyl (C=O) groups is 1. The van der Waals surface area contributed by atoms with Crippen molar-refractivity contribution in [1.82, 2.24) is 5.32 Å². The summed E-state index contributed by atoms with van der Waals surface area (Å²) in [5.41, 5.74) is 5.58. The first kappa shape index (κ1) is 11.0. The molecule has 12 heavy (non-hydrogen) atoms. The topological polar surface area (TPSA) is 55.1 Å². The maximum absolute atomic E-state index is 11.2. The second-order valence-corrected chi connectivity index (χ2v) is 3.17. The lowest BCUT2D eigenvalue weighted by atomic mass is 10.0. The van der Waals surface area contributed by atoms with Crippen molar-refractivity contribution in [2.45, 2.75) is 32.9 Å². The summed E-state index contributed by atoms with van der Waals surface area (Å²) in [6, 6.07) is -0.719. The van der Waals surface area contributed by atoms with Crippen LogP contribution < -0.4 is 11.1 Å². The van der Waals surface area contributed by atoms with Crippen molar-refractivity contribution in [3.8, 4) is 12.3 Å². The van der Waals surface area contributed by atoms with Crippen molar-refractivity contribution in [3.05, 3.63) is 0 Å². The molecule has 0 spiro atoms. The van der Waals surface area contributed by atoms with Crippen LogP contribution in [0.25, 0.3) is 0 Å². The second-order valence-electron chi connectivity index (χ2n) is 3.17. The zero-order valence-electron chi connectivity index (χ0n) is 7.79. The van der Waals surface area contributed by atoms with Crippen LogP contribution in [-0.2, 0) is 4.79 Å². The number of carbonyl (C=O) groups excluding carboxylic acids is 1. The molecule has 2 atom stereocenters. The molecule has 0 bridgehead atoms. The maximum atomic E-state index is 11.2. The van der Waals surface area contributed by atoms with Gasteiger partial charge in [0.25, 0.3) is 0 Å². The van der Waals surface area contributed by atoms with E-state index in [0.717, 1.165) is 0 Å². The van der Waals surface area contributed by atoms with Crippen LogP contribution in [-0.4, -0.2) is 18.0 Å². The smallest absolute Gasteiger partial charge is 0.238 e. The predicted molar refractivity (Wildman–Crippen MR) is 49.3 cm³/mol. The van der Waals surface area contributed by atoms with Gasteiger partial charge in [-0.25, -0.2) is 0 Å². The lowest BCUT2D eigenvalue weighted by molar-refractivity contribution is -0.123. The first-order valence-electron chi connectivity index (χ1n) is 4.01. The summed E-state index contributed by atoms with van der Waals surface area (Å²) in [5, 5.41) is 2.61. The third-order valence-corrected chi connectivity index (χ3v) is 1.63. The molecule has 0 radical (unpaired) electrons. The van der Waals surface area contributed by atoms with E-state index in [1.54, 1.807) is 6.92 Å². The molecule has 0 aliphatic carbocycles. The Morgan fingerprint density at radius 1 is 1.50 bits per heavy atom. The quantitative estimate of drug-likeness (QED) is 0.587. The molecule has 0 aromatic rings. The van der Waals surface area contributed by atoms with Gasteiger partial charge in [-0.05, 0) is 12.8 Å². The summed E-state index contributed by atoms with van der Waals surface area (Å²) >= 11 is 0. The summed E-state index contributed by atoms with van der Waals surface area (Å²) in [6.45, 7) is 5.53. The van der Waals surface area contributed by atoms with E-state index in [1.807, 2.05) is 13.8 Å². The molecular weight excluding hydrogens is 152 g/mol. The average Bonchev–Trinajstić information content (AvgIpc) is 2.02. The van der Waals surface area contributed by atoms with Gasteiger partial charge in [0.2, 0.25) is 5.91 Å². The number of amides is 1. The first-order valence-corrected chi connectivity index (χ1v) is 4.01. The van der Waals surface area contributed by atoms with Gasteiger partial charge in [0.1, 0.15) is 0 Å². The van der Waals surface area contributed by atoms with E-state index in [0.29, 0.717) is 0 Å². The lowest BCUT2D eigenvalue weighted by Crippen LogP contribution is -2.46. The van der Waals surface area contributed by atoms with E-state index in [-0.39, 0.29) is 17.9 Å². The average molecular weight is 168 g/mol. The predicted octanol–water partition coefficient (Wildman–Crippen LogP) is 0.108. The van der Waals surface area contributed by atoms with Gasteiger partial charge in [-0.3, -0.25) is 4.79 Å². The molecule has 0 aliphatic heterocycles. The number of terminal acetylenes is 1. The third-order valence-electron chi connectivity index (χ3n) is 1.63. The molecule has 0 saturated heterocycles. The van der Waals surface area contributed by atoms with Crippen LogP contribution in [0.3, 0.4) is 0 Å². The van der Waals surface area contributed by atoms with Crippen LogP contribution in [0.1, 0.15) is 20.8 Å². The van der Waals surface area contributed by atoms with Crippen molar-refractivity contribution in [1.29, 1.82) is 0 Å². The second kappa shape index (κ2) is 4.78.